The minimum Gasteiger partial charge on any atom is -0.497 e. The maximum absolute atomic E-state index is 13.1. The topological polar surface area (TPSA) is 74.6 Å². The van der Waals surface area contributed by atoms with Gasteiger partial charge in [-0.15, -0.1) is 0 Å². The number of carbonyl (C=O) groups excluding carboxylic acids is 1. The van der Waals surface area contributed by atoms with Gasteiger partial charge in [-0.2, -0.15) is 5.10 Å². The van der Waals surface area contributed by atoms with Gasteiger partial charge in [0.25, 0.3) is 5.91 Å². The van der Waals surface area contributed by atoms with Crippen LogP contribution < -0.4 is 19.5 Å². The number of para-hydroxylation sites is 1. The lowest BCUT2D eigenvalue weighted by Gasteiger charge is -2.12. The Bertz CT molecular complexity index is 1270. The molecule has 7 nitrogen and oxygen atoms in total. The molecule has 0 atom stereocenters. The smallest absolute Gasteiger partial charge is 0.276 e. The summed E-state index contributed by atoms with van der Waals surface area (Å²) in [7, 11) is 4.63. The first-order valence-corrected chi connectivity index (χ1v) is 10.4. The van der Waals surface area contributed by atoms with Gasteiger partial charge < -0.3 is 19.5 Å². The van der Waals surface area contributed by atoms with Gasteiger partial charge in [0, 0.05) is 11.6 Å². The van der Waals surface area contributed by atoms with E-state index in [2.05, 4.69) is 10.4 Å². The molecule has 0 radical (unpaired) electrons. The van der Waals surface area contributed by atoms with Crippen LogP contribution in [0.15, 0.2) is 72.8 Å². The van der Waals surface area contributed by atoms with Crippen molar-refractivity contribution in [2.24, 2.45) is 0 Å². The van der Waals surface area contributed by atoms with Crippen LogP contribution in [-0.2, 0) is 0 Å². The van der Waals surface area contributed by atoms with E-state index in [1.165, 1.54) is 14.2 Å². The number of hydrogen-bond acceptors (Lipinski definition) is 5. The number of amides is 1. The highest BCUT2D eigenvalue weighted by Gasteiger charge is 2.19. The van der Waals surface area contributed by atoms with Crippen LogP contribution in [0.25, 0.3) is 16.9 Å². The summed E-state index contributed by atoms with van der Waals surface area (Å²) in [6.07, 6.45) is 0. The predicted molar refractivity (Wildman–Crippen MR) is 128 cm³/mol. The molecule has 8 heteroatoms. The molecular weight excluding hydrogens is 442 g/mol. The van der Waals surface area contributed by atoms with Gasteiger partial charge in [0.2, 0.25) is 0 Å². The molecule has 0 saturated heterocycles. The third kappa shape index (κ3) is 4.63. The maximum Gasteiger partial charge on any atom is 0.276 e. The molecule has 0 aliphatic heterocycles. The number of anilines is 1. The molecule has 1 heterocycles. The summed E-state index contributed by atoms with van der Waals surface area (Å²) in [6, 6.07) is 22.1. The number of carbonyl (C=O) groups is 1. The number of hydrogen-bond donors (Lipinski definition) is 1. The SMILES string of the molecule is COc1ccc(-c2cc(C(=O)Nc3cc(Cl)c(OC)cc3OC)nn2-c2ccccc2)cc1. The second-order valence-electron chi connectivity index (χ2n) is 7.03. The molecule has 33 heavy (non-hydrogen) atoms. The Hall–Kier alpha value is -3.97. The van der Waals surface area contributed by atoms with Crippen molar-refractivity contribution in [2.45, 2.75) is 0 Å². The van der Waals surface area contributed by atoms with Crippen molar-refractivity contribution in [3.05, 3.63) is 83.5 Å². The molecule has 1 aromatic heterocycles. The largest absolute Gasteiger partial charge is 0.497 e. The number of rotatable bonds is 7. The fraction of sp³-hybridized carbons (Fsp3) is 0.120. The Morgan fingerprint density at radius 1 is 0.879 bits per heavy atom. The van der Waals surface area contributed by atoms with Gasteiger partial charge in [-0.05, 0) is 48.5 Å². The van der Waals surface area contributed by atoms with Crippen LogP contribution in [0.1, 0.15) is 10.5 Å². The summed E-state index contributed by atoms with van der Waals surface area (Å²) in [5.41, 5.74) is 3.12. The fourth-order valence-electron chi connectivity index (χ4n) is 3.37. The van der Waals surface area contributed by atoms with Crippen LogP contribution in [-0.4, -0.2) is 37.0 Å². The molecule has 1 N–H and O–H groups in total. The van der Waals surface area contributed by atoms with Crippen molar-refractivity contribution in [3.8, 4) is 34.2 Å². The highest BCUT2D eigenvalue weighted by molar-refractivity contribution is 6.32. The number of halogens is 1. The van der Waals surface area contributed by atoms with Gasteiger partial charge in [0.1, 0.15) is 17.2 Å². The molecule has 0 aliphatic carbocycles. The summed E-state index contributed by atoms with van der Waals surface area (Å²) in [4.78, 5) is 13.1. The van der Waals surface area contributed by atoms with E-state index in [0.29, 0.717) is 22.2 Å². The molecule has 0 bridgehead atoms. The highest BCUT2D eigenvalue weighted by atomic mass is 35.5. The van der Waals surface area contributed by atoms with E-state index in [4.69, 9.17) is 25.8 Å². The molecule has 0 aliphatic rings. The molecule has 0 spiro atoms. The minimum atomic E-state index is -0.404. The van der Waals surface area contributed by atoms with Crippen molar-refractivity contribution in [3.63, 3.8) is 0 Å². The second-order valence-corrected chi connectivity index (χ2v) is 7.44. The highest BCUT2D eigenvalue weighted by Crippen LogP contribution is 2.36. The van der Waals surface area contributed by atoms with E-state index >= 15 is 0 Å². The van der Waals surface area contributed by atoms with Crippen molar-refractivity contribution in [1.82, 2.24) is 9.78 Å². The standard InChI is InChI=1S/C25H22ClN3O4/c1-31-18-11-9-16(10-12-18)22-14-21(28-29(22)17-7-5-4-6-8-17)25(30)27-20-13-19(26)23(32-2)15-24(20)33-3/h4-15H,1-3H3,(H,27,30). The van der Waals surface area contributed by atoms with E-state index < -0.39 is 5.91 Å². The minimum absolute atomic E-state index is 0.235. The number of aromatic nitrogens is 2. The van der Waals surface area contributed by atoms with E-state index in [0.717, 1.165) is 22.7 Å². The Labute approximate surface area is 196 Å². The summed E-state index contributed by atoms with van der Waals surface area (Å²) in [6.45, 7) is 0. The van der Waals surface area contributed by atoms with Crippen LogP contribution in [0, 0.1) is 0 Å². The summed E-state index contributed by atoms with van der Waals surface area (Å²) in [5.74, 6) is 1.20. The number of ether oxygens (including phenoxy) is 3. The summed E-state index contributed by atoms with van der Waals surface area (Å²) >= 11 is 6.24. The average molecular weight is 464 g/mol. The van der Waals surface area contributed by atoms with Gasteiger partial charge in [-0.25, -0.2) is 4.68 Å². The van der Waals surface area contributed by atoms with Gasteiger partial charge in [-0.3, -0.25) is 4.79 Å². The van der Waals surface area contributed by atoms with Crippen LogP contribution in [0.5, 0.6) is 17.2 Å². The average Bonchev–Trinajstić information content (AvgIpc) is 3.30. The molecule has 0 fully saturated rings. The van der Waals surface area contributed by atoms with Gasteiger partial charge >= 0.3 is 0 Å². The van der Waals surface area contributed by atoms with E-state index in [-0.39, 0.29) is 5.69 Å². The lowest BCUT2D eigenvalue weighted by atomic mass is 10.1. The van der Waals surface area contributed by atoms with Crippen LogP contribution in [0.4, 0.5) is 5.69 Å². The molecule has 0 saturated carbocycles. The lowest BCUT2D eigenvalue weighted by molar-refractivity contribution is 0.102. The summed E-state index contributed by atoms with van der Waals surface area (Å²) in [5, 5.41) is 7.76. The first-order chi connectivity index (χ1) is 16.0. The van der Waals surface area contributed by atoms with Crippen LogP contribution in [0.2, 0.25) is 5.02 Å². The van der Waals surface area contributed by atoms with E-state index in [9.17, 15) is 4.79 Å². The molecular formula is C25H22ClN3O4. The van der Waals surface area contributed by atoms with Crippen molar-refractivity contribution < 1.29 is 19.0 Å². The van der Waals surface area contributed by atoms with Crippen molar-refractivity contribution >= 4 is 23.2 Å². The van der Waals surface area contributed by atoms with Crippen molar-refractivity contribution in [1.29, 1.82) is 0 Å². The second kappa shape index (κ2) is 9.67. The van der Waals surface area contributed by atoms with E-state index in [1.807, 2.05) is 54.6 Å². The third-order valence-electron chi connectivity index (χ3n) is 5.05. The van der Waals surface area contributed by atoms with Crippen molar-refractivity contribution in [2.75, 3.05) is 26.6 Å². The molecule has 3 aromatic carbocycles. The zero-order chi connectivity index (χ0) is 23.4. The fourth-order valence-corrected chi connectivity index (χ4v) is 3.61. The van der Waals surface area contributed by atoms with Gasteiger partial charge in [0.15, 0.2) is 5.69 Å². The number of nitrogens with one attached hydrogen (secondary N) is 1. The van der Waals surface area contributed by atoms with Gasteiger partial charge in [-0.1, -0.05) is 29.8 Å². The molecule has 4 rings (SSSR count). The Morgan fingerprint density at radius 3 is 2.21 bits per heavy atom. The zero-order valence-electron chi connectivity index (χ0n) is 18.3. The van der Waals surface area contributed by atoms with Crippen LogP contribution in [0.3, 0.4) is 0 Å². The first kappa shape index (κ1) is 22.2. The lowest BCUT2D eigenvalue weighted by Crippen LogP contribution is -2.14. The Morgan fingerprint density at radius 2 is 1.58 bits per heavy atom. The number of nitrogens with zero attached hydrogens (tertiary/aromatic N) is 2. The normalized spacial score (nSPS) is 10.5. The van der Waals surface area contributed by atoms with Crippen LogP contribution >= 0.6 is 11.6 Å². The monoisotopic (exact) mass is 463 g/mol. The zero-order valence-corrected chi connectivity index (χ0v) is 19.1. The Balaban J connectivity index is 1.73. The molecule has 4 aromatic rings. The third-order valence-corrected chi connectivity index (χ3v) is 5.35. The number of methoxy groups -OCH3 is 3. The predicted octanol–water partition coefficient (Wildman–Crippen LogP) is 5.47. The maximum atomic E-state index is 13.1. The summed E-state index contributed by atoms with van der Waals surface area (Å²) < 4.78 is 17.6. The number of benzene rings is 3. The van der Waals surface area contributed by atoms with Gasteiger partial charge in [0.05, 0.1) is 43.4 Å². The quantitative estimate of drug-likeness (QED) is 0.393. The molecule has 168 valence electrons. The first-order valence-electron chi connectivity index (χ1n) is 10.1. The molecule has 0 unspecified atom stereocenters. The van der Waals surface area contributed by atoms with E-state index in [1.54, 1.807) is 30.0 Å². The Kier molecular flexibility index (Phi) is 6.51. The molecule has 1 amide bonds.